The summed E-state index contributed by atoms with van der Waals surface area (Å²) < 4.78 is 36.1. The molecule has 5 nitrogen and oxygen atoms in total. The summed E-state index contributed by atoms with van der Waals surface area (Å²) in [5.41, 5.74) is 4.17. The molecule has 1 aromatic heterocycles. The Morgan fingerprint density at radius 1 is 1.54 bits per heavy atom. The van der Waals surface area contributed by atoms with E-state index < -0.39 is 18.4 Å². The fraction of sp³-hybridized carbons (Fsp3) is 0.600. The molecule has 0 bridgehead atoms. The second kappa shape index (κ2) is 3.21. The molecule has 0 spiro atoms. The van der Waals surface area contributed by atoms with Gasteiger partial charge in [0.05, 0.1) is 6.54 Å². The largest absolute Gasteiger partial charge is 0.406 e. The molecular weight excluding hydrogens is 189 g/mol. The molecule has 0 radical (unpaired) electrons. The van der Waals surface area contributed by atoms with Gasteiger partial charge in [-0.05, 0) is 0 Å². The average Bonchev–Trinajstić information content (AvgIpc) is 2.30. The lowest BCUT2D eigenvalue weighted by molar-refractivity contribution is -0.141. The number of rotatable bonds is 2. The summed E-state index contributed by atoms with van der Waals surface area (Å²) >= 11 is 0. The quantitative estimate of drug-likeness (QED) is 0.675. The Bertz CT molecular complexity index is 338. The van der Waals surface area contributed by atoms with Gasteiger partial charge >= 0.3 is 11.9 Å². The molecule has 0 aliphatic rings. The highest BCUT2D eigenvalue weighted by atomic mass is 19.4. The number of aromatic amines is 1. The molecule has 13 heavy (non-hydrogen) atoms. The van der Waals surface area contributed by atoms with Crippen LogP contribution in [-0.2, 0) is 13.1 Å². The van der Waals surface area contributed by atoms with Gasteiger partial charge in [0.15, 0.2) is 0 Å². The van der Waals surface area contributed by atoms with Crippen LogP contribution >= 0.6 is 0 Å². The molecule has 8 heteroatoms. The van der Waals surface area contributed by atoms with Crippen LogP contribution in [0.25, 0.3) is 0 Å². The van der Waals surface area contributed by atoms with E-state index >= 15 is 0 Å². The average molecular weight is 196 g/mol. The van der Waals surface area contributed by atoms with Crippen LogP contribution in [0.4, 0.5) is 13.2 Å². The van der Waals surface area contributed by atoms with Gasteiger partial charge in [0.2, 0.25) is 0 Å². The maximum absolute atomic E-state index is 11.9. The maximum Gasteiger partial charge on any atom is 0.406 e. The topological polar surface area (TPSA) is 76.7 Å². The number of hydrogen-bond acceptors (Lipinski definition) is 3. The third-order valence-corrected chi connectivity index (χ3v) is 1.36. The third kappa shape index (κ3) is 2.31. The van der Waals surface area contributed by atoms with E-state index in [9.17, 15) is 18.0 Å². The minimum Gasteiger partial charge on any atom is -0.324 e. The summed E-state index contributed by atoms with van der Waals surface area (Å²) in [5, 5.41) is 5.21. The molecule has 0 aliphatic carbocycles. The zero-order valence-electron chi connectivity index (χ0n) is 6.43. The van der Waals surface area contributed by atoms with Gasteiger partial charge in [0.25, 0.3) is 0 Å². The van der Waals surface area contributed by atoms with Crippen molar-refractivity contribution < 1.29 is 13.2 Å². The van der Waals surface area contributed by atoms with E-state index in [2.05, 4.69) is 5.10 Å². The number of nitrogens with one attached hydrogen (secondary N) is 1. The van der Waals surface area contributed by atoms with E-state index in [1.54, 1.807) is 0 Å². The second-order valence-corrected chi connectivity index (χ2v) is 2.35. The Morgan fingerprint density at radius 2 is 2.15 bits per heavy atom. The molecular formula is C5H7F3N4O. The van der Waals surface area contributed by atoms with Gasteiger partial charge in [-0.3, -0.25) is 4.57 Å². The summed E-state index contributed by atoms with van der Waals surface area (Å²) in [5.74, 6) is -0.109. The first kappa shape index (κ1) is 9.78. The second-order valence-electron chi connectivity index (χ2n) is 2.35. The van der Waals surface area contributed by atoms with E-state index in [4.69, 9.17) is 5.73 Å². The molecule has 0 amide bonds. The summed E-state index contributed by atoms with van der Waals surface area (Å²) in [6, 6.07) is 0. The smallest absolute Gasteiger partial charge is 0.324 e. The standard InChI is InChI=1S/C5H7F3N4O/c6-5(7,8)2-12-3(1-9)10-11-4(12)13/h1-2,9H2,(H,11,13). The number of nitrogens with zero attached hydrogens (tertiary/aromatic N) is 2. The Hall–Kier alpha value is -1.31. The zero-order valence-corrected chi connectivity index (χ0v) is 6.43. The highest BCUT2D eigenvalue weighted by molar-refractivity contribution is 4.85. The van der Waals surface area contributed by atoms with Gasteiger partial charge in [-0.25, -0.2) is 9.89 Å². The fourth-order valence-electron chi connectivity index (χ4n) is 0.848. The van der Waals surface area contributed by atoms with Crippen molar-refractivity contribution in [2.75, 3.05) is 0 Å². The van der Waals surface area contributed by atoms with Crippen LogP contribution in [-0.4, -0.2) is 20.9 Å². The Balaban J connectivity index is 2.99. The molecule has 1 heterocycles. The molecule has 0 aromatic carbocycles. The number of hydrogen-bond donors (Lipinski definition) is 2. The number of alkyl halides is 3. The van der Waals surface area contributed by atoms with E-state index in [1.807, 2.05) is 5.10 Å². The molecule has 3 N–H and O–H groups in total. The van der Waals surface area contributed by atoms with Crippen molar-refractivity contribution in [2.24, 2.45) is 5.73 Å². The minimum atomic E-state index is -4.45. The van der Waals surface area contributed by atoms with Gasteiger partial charge in [-0.1, -0.05) is 0 Å². The lowest BCUT2D eigenvalue weighted by atomic mass is 10.5. The highest BCUT2D eigenvalue weighted by Crippen LogP contribution is 2.16. The molecule has 0 saturated carbocycles. The van der Waals surface area contributed by atoms with Gasteiger partial charge in [0, 0.05) is 0 Å². The summed E-state index contributed by atoms with van der Waals surface area (Å²) in [6.07, 6.45) is -4.45. The third-order valence-electron chi connectivity index (χ3n) is 1.36. The molecule has 0 fully saturated rings. The number of halogens is 3. The van der Waals surface area contributed by atoms with Gasteiger partial charge < -0.3 is 5.73 Å². The van der Waals surface area contributed by atoms with Crippen molar-refractivity contribution in [1.29, 1.82) is 0 Å². The number of nitrogens with two attached hydrogens (primary N) is 1. The maximum atomic E-state index is 11.9. The van der Waals surface area contributed by atoms with E-state index in [0.29, 0.717) is 4.57 Å². The molecule has 0 saturated heterocycles. The lowest BCUT2D eigenvalue weighted by Crippen LogP contribution is -2.28. The fourth-order valence-corrected chi connectivity index (χ4v) is 0.848. The van der Waals surface area contributed by atoms with Crippen molar-refractivity contribution in [3.05, 3.63) is 16.3 Å². The van der Waals surface area contributed by atoms with E-state index in [-0.39, 0.29) is 12.4 Å². The first-order valence-electron chi connectivity index (χ1n) is 3.35. The molecule has 0 unspecified atom stereocenters. The van der Waals surface area contributed by atoms with Gasteiger partial charge in [0.1, 0.15) is 12.4 Å². The van der Waals surface area contributed by atoms with Crippen molar-refractivity contribution in [3.8, 4) is 0 Å². The Kier molecular flexibility index (Phi) is 2.41. The summed E-state index contributed by atoms with van der Waals surface area (Å²) in [6.45, 7) is -1.58. The number of aromatic nitrogens is 3. The van der Waals surface area contributed by atoms with Crippen molar-refractivity contribution >= 4 is 0 Å². The van der Waals surface area contributed by atoms with Crippen LogP contribution in [0.1, 0.15) is 5.82 Å². The van der Waals surface area contributed by atoms with Crippen molar-refractivity contribution in [2.45, 2.75) is 19.3 Å². The lowest BCUT2D eigenvalue weighted by Gasteiger charge is -2.07. The first-order valence-corrected chi connectivity index (χ1v) is 3.35. The monoisotopic (exact) mass is 196 g/mol. The molecule has 0 atom stereocenters. The van der Waals surface area contributed by atoms with Crippen LogP contribution in [0, 0.1) is 0 Å². The first-order chi connectivity index (χ1) is 5.94. The summed E-state index contributed by atoms with van der Waals surface area (Å²) in [7, 11) is 0. The SMILES string of the molecule is NCc1n[nH]c(=O)n1CC(F)(F)F. The van der Waals surface area contributed by atoms with Crippen molar-refractivity contribution in [1.82, 2.24) is 14.8 Å². The minimum absolute atomic E-state index is 0.109. The normalized spacial score (nSPS) is 12.0. The molecule has 1 aromatic rings. The van der Waals surface area contributed by atoms with E-state index in [1.165, 1.54) is 0 Å². The van der Waals surface area contributed by atoms with Crippen LogP contribution in [0.5, 0.6) is 0 Å². The summed E-state index contributed by atoms with van der Waals surface area (Å²) in [4.78, 5) is 10.8. The Labute approximate surface area is 70.4 Å². The predicted molar refractivity (Wildman–Crippen MR) is 36.8 cm³/mol. The van der Waals surface area contributed by atoms with Crippen LogP contribution in [0.2, 0.25) is 0 Å². The molecule has 0 aliphatic heterocycles. The molecule has 74 valence electrons. The number of H-pyrrole nitrogens is 1. The predicted octanol–water partition coefficient (Wildman–Crippen LogP) is -0.408. The highest BCUT2D eigenvalue weighted by Gasteiger charge is 2.30. The van der Waals surface area contributed by atoms with Crippen molar-refractivity contribution in [3.63, 3.8) is 0 Å². The van der Waals surface area contributed by atoms with E-state index in [0.717, 1.165) is 0 Å². The van der Waals surface area contributed by atoms with Crippen LogP contribution in [0.3, 0.4) is 0 Å². The zero-order chi connectivity index (χ0) is 10.1. The van der Waals surface area contributed by atoms with Crippen LogP contribution < -0.4 is 11.4 Å². The molecule has 1 rings (SSSR count). The Morgan fingerprint density at radius 3 is 2.62 bits per heavy atom. The van der Waals surface area contributed by atoms with Crippen LogP contribution in [0.15, 0.2) is 4.79 Å². The van der Waals surface area contributed by atoms with Gasteiger partial charge in [-0.15, -0.1) is 0 Å². The van der Waals surface area contributed by atoms with Gasteiger partial charge in [-0.2, -0.15) is 18.3 Å².